The topological polar surface area (TPSA) is 20.3 Å². The van der Waals surface area contributed by atoms with Crippen LogP contribution >= 0.6 is 11.6 Å². The van der Waals surface area contributed by atoms with Crippen LogP contribution in [0.25, 0.3) is 0 Å². The van der Waals surface area contributed by atoms with Crippen molar-refractivity contribution >= 4 is 17.5 Å². The zero-order chi connectivity index (χ0) is 12.5. The van der Waals surface area contributed by atoms with E-state index >= 15 is 0 Å². The molecule has 17 heavy (non-hydrogen) atoms. The van der Waals surface area contributed by atoms with Crippen LogP contribution in [0.15, 0.2) is 0 Å². The molecular formula is C14H26ClNO. The van der Waals surface area contributed by atoms with Crippen LogP contribution < -0.4 is 0 Å². The van der Waals surface area contributed by atoms with Crippen molar-refractivity contribution in [3.05, 3.63) is 0 Å². The largest absolute Gasteiger partial charge is 0.343 e. The zero-order valence-electron chi connectivity index (χ0n) is 11.1. The molecule has 0 aliphatic heterocycles. The Morgan fingerprint density at radius 3 is 2.29 bits per heavy atom. The summed E-state index contributed by atoms with van der Waals surface area (Å²) in [6, 6.07) is 0. The lowest BCUT2D eigenvalue weighted by Gasteiger charge is -2.27. The SMILES string of the molecule is CCN(CCCCl)C(=O)C1CCCCCCC1. The minimum atomic E-state index is 0.283. The molecule has 0 unspecified atom stereocenters. The fourth-order valence-electron chi connectivity index (χ4n) is 2.64. The van der Waals surface area contributed by atoms with Gasteiger partial charge >= 0.3 is 0 Å². The summed E-state index contributed by atoms with van der Waals surface area (Å²) in [5.74, 6) is 1.30. The van der Waals surface area contributed by atoms with Crippen LogP contribution in [-0.4, -0.2) is 29.8 Å². The Labute approximate surface area is 111 Å². The molecule has 0 aromatic heterocycles. The first-order chi connectivity index (χ1) is 8.29. The van der Waals surface area contributed by atoms with E-state index in [4.69, 9.17) is 11.6 Å². The highest BCUT2D eigenvalue weighted by molar-refractivity contribution is 6.17. The number of rotatable bonds is 5. The number of carbonyl (C=O) groups is 1. The molecule has 1 aliphatic carbocycles. The van der Waals surface area contributed by atoms with Crippen LogP contribution in [0.2, 0.25) is 0 Å². The van der Waals surface area contributed by atoms with E-state index in [0.29, 0.717) is 11.8 Å². The molecule has 2 nitrogen and oxygen atoms in total. The van der Waals surface area contributed by atoms with Gasteiger partial charge in [0.25, 0.3) is 0 Å². The van der Waals surface area contributed by atoms with Crippen molar-refractivity contribution < 1.29 is 4.79 Å². The normalized spacial score (nSPS) is 18.5. The molecule has 100 valence electrons. The number of hydrogen-bond acceptors (Lipinski definition) is 1. The van der Waals surface area contributed by atoms with E-state index in [1.54, 1.807) is 0 Å². The molecule has 1 fully saturated rings. The summed E-state index contributed by atoms with van der Waals surface area (Å²) < 4.78 is 0. The van der Waals surface area contributed by atoms with Gasteiger partial charge in [-0.15, -0.1) is 11.6 Å². The van der Waals surface area contributed by atoms with Crippen LogP contribution in [0.4, 0.5) is 0 Å². The van der Waals surface area contributed by atoms with Crippen LogP contribution in [0, 0.1) is 5.92 Å². The maximum atomic E-state index is 12.4. The summed E-state index contributed by atoms with van der Waals surface area (Å²) in [4.78, 5) is 14.4. The Balaban J connectivity index is 2.45. The van der Waals surface area contributed by atoms with Gasteiger partial charge in [0.1, 0.15) is 0 Å². The molecule has 1 aliphatic rings. The fourth-order valence-corrected chi connectivity index (χ4v) is 2.76. The summed E-state index contributed by atoms with van der Waals surface area (Å²) in [6.07, 6.45) is 9.51. The van der Waals surface area contributed by atoms with Gasteiger partial charge in [-0.1, -0.05) is 32.1 Å². The molecule has 1 amide bonds. The fraction of sp³-hybridized carbons (Fsp3) is 0.929. The van der Waals surface area contributed by atoms with Crippen molar-refractivity contribution in [2.45, 2.75) is 58.3 Å². The number of alkyl halides is 1. The number of nitrogens with zero attached hydrogens (tertiary/aromatic N) is 1. The molecule has 0 atom stereocenters. The van der Waals surface area contributed by atoms with Gasteiger partial charge < -0.3 is 4.90 Å². The van der Waals surface area contributed by atoms with Gasteiger partial charge in [0.15, 0.2) is 0 Å². The maximum absolute atomic E-state index is 12.4. The summed E-state index contributed by atoms with van der Waals surface area (Å²) >= 11 is 5.70. The summed E-state index contributed by atoms with van der Waals surface area (Å²) in [5, 5.41) is 0. The quantitative estimate of drug-likeness (QED) is 0.688. The van der Waals surface area contributed by atoms with E-state index in [2.05, 4.69) is 6.92 Å². The smallest absolute Gasteiger partial charge is 0.225 e. The number of hydrogen-bond donors (Lipinski definition) is 0. The van der Waals surface area contributed by atoms with Crippen LogP contribution in [0.1, 0.15) is 58.3 Å². The van der Waals surface area contributed by atoms with Crippen LogP contribution in [-0.2, 0) is 4.79 Å². The van der Waals surface area contributed by atoms with Crippen molar-refractivity contribution in [2.24, 2.45) is 5.92 Å². The first-order valence-corrected chi connectivity index (χ1v) is 7.67. The van der Waals surface area contributed by atoms with Gasteiger partial charge in [-0.25, -0.2) is 0 Å². The van der Waals surface area contributed by atoms with Gasteiger partial charge in [0.05, 0.1) is 0 Å². The van der Waals surface area contributed by atoms with Crippen LogP contribution in [0.3, 0.4) is 0 Å². The highest BCUT2D eigenvalue weighted by Crippen LogP contribution is 2.24. The van der Waals surface area contributed by atoms with Gasteiger partial charge in [0, 0.05) is 24.9 Å². The van der Waals surface area contributed by atoms with E-state index < -0.39 is 0 Å². The average molecular weight is 260 g/mol. The van der Waals surface area contributed by atoms with Crippen LogP contribution in [0.5, 0.6) is 0 Å². The third kappa shape index (κ3) is 5.29. The second-order valence-corrected chi connectivity index (χ2v) is 5.38. The average Bonchev–Trinajstić information content (AvgIpc) is 2.29. The van der Waals surface area contributed by atoms with E-state index in [9.17, 15) is 4.79 Å². The van der Waals surface area contributed by atoms with Crippen molar-refractivity contribution in [3.63, 3.8) is 0 Å². The van der Waals surface area contributed by atoms with Gasteiger partial charge in [-0.05, 0) is 26.2 Å². The molecule has 3 heteroatoms. The first kappa shape index (κ1) is 14.8. The summed E-state index contributed by atoms with van der Waals surface area (Å²) in [7, 11) is 0. The van der Waals surface area contributed by atoms with Gasteiger partial charge in [-0.3, -0.25) is 4.79 Å². The molecule has 0 aromatic rings. The highest BCUT2D eigenvalue weighted by atomic mass is 35.5. The molecule has 0 spiro atoms. The first-order valence-electron chi connectivity index (χ1n) is 7.14. The maximum Gasteiger partial charge on any atom is 0.225 e. The second-order valence-electron chi connectivity index (χ2n) is 5.00. The highest BCUT2D eigenvalue weighted by Gasteiger charge is 2.23. The van der Waals surface area contributed by atoms with Crippen molar-refractivity contribution in [1.82, 2.24) is 4.90 Å². The molecular weight excluding hydrogens is 234 g/mol. The van der Waals surface area contributed by atoms with Crippen molar-refractivity contribution in [1.29, 1.82) is 0 Å². The molecule has 0 radical (unpaired) electrons. The molecule has 0 bridgehead atoms. The molecule has 1 rings (SSSR count). The molecule has 1 saturated carbocycles. The lowest BCUT2D eigenvalue weighted by Crippen LogP contribution is -2.37. The summed E-state index contributed by atoms with van der Waals surface area (Å²) in [5.41, 5.74) is 0. The Hall–Kier alpha value is -0.240. The zero-order valence-corrected chi connectivity index (χ0v) is 11.8. The lowest BCUT2D eigenvalue weighted by atomic mass is 9.90. The van der Waals surface area contributed by atoms with Crippen molar-refractivity contribution in [2.75, 3.05) is 19.0 Å². The Bertz CT molecular complexity index is 212. The second kappa shape index (κ2) is 8.79. The standard InChI is InChI=1S/C14H26ClNO/c1-2-16(12-8-11-15)14(17)13-9-6-4-3-5-7-10-13/h13H,2-12H2,1H3. The Kier molecular flexibility index (Phi) is 7.67. The van der Waals surface area contributed by atoms with E-state index in [1.165, 1.54) is 32.1 Å². The molecule has 0 N–H and O–H groups in total. The van der Waals surface area contributed by atoms with Crippen molar-refractivity contribution in [3.8, 4) is 0 Å². The van der Waals surface area contributed by atoms with E-state index in [1.807, 2.05) is 4.90 Å². The minimum absolute atomic E-state index is 0.283. The number of carbonyl (C=O) groups excluding carboxylic acids is 1. The summed E-state index contributed by atoms with van der Waals surface area (Å²) in [6.45, 7) is 3.72. The Morgan fingerprint density at radius 2 is 1.76 bits per heavy atom. The third-order valence-electron chi connectivity index (χ3n) is 3.71. The van der Waals surface area contributed by atoms with Gasteiger partial charge in [-0.2, -0.15) is 0 Å². The number of halogens is 1. The predicted octanol–water partition coefficient (Wildman–Crippen LogP) is 3.82. The van der Waals surface area contributed by atoms with Gasteiger partial charge in [0.2, 0.25) is 5.91 Å². The Morgan fingerprint density at radius 1 is 1.18 bits per heavy atom. The third-order valence-corrected chi connectivity index (χ3v) is 3.98. The van der Waals surface area contributed by atoms with E-state index in [0.717, 1.165) is 32.4 Å². The predicted molar refractivity (Wildman–Crippen MR) is 73.4 cm³/mol. The minimum Gasteiger partial charge on any atom is -0.343 e. The number of amides is 1. The lowest BCUT2D eigenvalue weighted by molar-refractivity contribution is -0.136. The molecule has 0 aromatic carbocycles. The van der Waals surface area contributed by atoms with E-state index in [-0.39, 0.29) is 5.92 Å². The molecule has 0 saturated heterocycles. The monoisotopic (exact) mass is 259 g/mol. The molecule has 0 heterocycles.